The predicted octanol–water partition coefficient (Wildman–Crippen LogP) is 5.58. The highest BCUT2D eigenvalue weighted by atomic mass is 79.9. The molecule has 2 rings (SSSR count). The van der Waals surface area contributed by atoms with Crippen LogP contribution in [-0.4, -0.2) is 0 Å². The molecule has 88 valence electrons. The van der Waals surface area contributed by atoms with E-state index in [0.29, 0.717) is 4.83 Å². The van der Waals surface area contributed by atoms with Crippen LogP contribution in [0.5, 0.6) is 0 Å². The molecule has 0 heterocycles. The van der Waals surface area contributed by atoms with E-state index >= 15 is 0 Å². The largest absolute Gasteiger partial charge is 0.0840 e. The summed E-state index contributed by atoms with van der Waals surface area (Å²) in [4.78, 5) is 0.506. The maximum atomic E-state index is 6.13. The fourth-order valence-electron chi connectivity index (χ4n) is 2.60. The topological polar surface area (TPSA) is 0 Å². The highest BCUT2D eigenvalue weighted by molar-refractivity contribution is 9.09. The Morgan fingerprint density at radius 1 is 1.19 bits per heavy atom. The summed E-state index contributed by atoms with van der Waals surface area (Å²) >= 11 is 10.0. The summed E-state index contributed by atoms with van der Waals surface area (Å²) in [6.45, 7) is 4.24. The smallest absolute Gasteiger partial charge is 0.0438 e. The zero-order valence-corrected chi connectivity index (χ0v) is 12.2. The molecule has 1 fully saturated rings. The Kier molecular flexibility index (Phi) is 3.97. The van der Waals surface area contributed by atoms with Crippen LogP contribution in [-0.2, 0) is 0 Å². The van der Waals surface area contributed by atoms with Gasteiger partial charge in [0.25, 0.3) is 0 Å². The second-order valence-corrected chi connectivity index (χ2v) is 6.30. The Bertz CT molecular complexity index is 381. The number of halogens is 2. The quantitative estimate of drug-likeness (QED) is 0.625. The van der Waals surface area contributed by atoms with Crippen molar-refractivity contribution in [2.24, 2.45) is 5.92 Å². The van der Waals surface area contributed by atoms with Gasteiger partial charge in [0, 0.05) is 9.85 Å². The summed E-state index contributed by atoms with van der Waals surface area (Å²) in [5.41, 5.74) is 3.92. The number of benzene rings is 1. The van der Waals surface area contributed by atoms with Gasteiger partial charge in [-0.25, -0.2) is 0 Å². The van der Waals surface area contributed by atoms with Gasteiger partial charge < -0.3 is 0 Å². The van der Waals surface area contributed by atoms with E-state index in [1.54, 1.807) is 0 Å². The molecule has 0 aromatic heterocycles. The monoisotopic (exact) mass is 300 g/mol. The standard InChI is InChI=1S/C14H18BrCl/c1-9-8-13(16)10(2)7-12(9)14(15)11-5-3-4-6-11/h7-8,11,14H,3-6H2,1-2H3. The molecule has 0 bridgehead atoms. The van der Waals surface area contributed by atoms with Gasteiger partial charge in [0.1, 0.15) is 0 Å². The fraction of sp³-hybridized carbons (Fsp3) is 0.571. The molecule has 0 saturated heterocycles. The summed E-state index contributed by atoms with van der Waals surface area (Å²) in [5.74, 6) is 0.805. The number of rotatable bonds is 2. The van der Waals surface area contributed by atoms with Gasteiger partial charge in [0.15, 0.2) is 0 Å². The molecule has 0 amide bonds. The van der Waals surface area contributed by atoms with Gasteiger partial charge in [-0.2, -0.15) is 0 Å². The van der Waals surface area contributed by atoms with E-state index in [1.807, 2.05) is 0 Å². The van der Waals surface area contributed by atoms with Crippen molar-refractivity contribution in [2.75, 3.05) is 0 Å². The number of aryl methyl sites for hydroxylation is 2. The van der Waals surface area contributed by atoms with E-state index in [2.05, 4.69) is 41.9 Å². The molecule has 1 aliphatic carbocycles. The molecule has 1 aliphatic rings. The van der Waals surface area contributed by atoms with Gasteiger partial charge in [0.05, 0.1) is 0 Å². The lowest BCUT2D eigenvalue weighted by atomic mass is 9.93. The molecule has 0 nitrogen and oxygen atoms in total. The van der Waals surface area contributed by atoms with Gasteiger partial charge in [-0.15, -0.1) is 0 Å². The highest BCUT2D eigenvalue weighted by Gasteiger charge is 2.25. The van der Waals surface area contributed by atoms with E-state index < -0.39 is 0 Å². The summed E-state index contributed by atoms with van der Waals surface area (Å²) < 4.78 is 0. The summed E-state index contributed by atoms with van der Waals surface area (Å²) in [6.07, 6.45) is 5.49. The van der Waals surface area contributed by atoms with Crippen LogP contribution in [0.2, 0.25) is 5.02 Å². The maximum absolute atomic E-state index is 6.13. The first kappa shape index (κ1) is 12.4. The molecule has 1 saturated carbocycles. The third-order valence-corrected chi connectivity index (χ3v) is 5.31. The Morgan fingerprint density at radius 3 is 2.44 bits per heavy atom. The summed E-state index contributed by atoms with van der Waals surface area (Å²) in [6, 6.07) is 4.34. The lowest BCUT2D eigenvalue weighted by Gasteiger charge is -2.20. The van der Waals surface area contributed by atoms with Crippen molar-refractivity contribution in [2.45, 2.75) is 44.4 Å². The molecule has 0 spiro atoms. The molecular formula is C14H18BrCl. The van der Waals surface area contributed by atoms with Crippen molar-refractivity contribution in [3.8, 4) is 0 Å². The van der Waals surface area contributed by atoms with Gasteiger partial charge >= 0.3 is 0 Å². The number of hydrogen-bond acceptors (Lipinski definition) is 0. The Labute approximate surface area is 112 Å². The fourth-order valence-corrected chi connectivity index (χ4v) is 3.84. The van der Waals surface area contributed by atoms with Crippen LogP contribution < -0.4 is 0 Å². The first-order valence-corrected chi connectivity index (χ1v) is 7.29. The average molecular weight is 302 g/mol. The minimum absolute atomic E-state index is 0.506. The van der Waals surface area contributed by atoms with Crippen molar-refractivity contribution in [3.63, 3.8) is 0 Å². The number of hydrogen-bond donors (Lipinski definition) is 0. The maximum Gasteiger partial charge on any atom is 0.0438 e. The normalized spacial score (nSPS) is 19.0. The second-order valence-electron chi connectivity index (χ2n) is 4.90. The van der Waals surface area contributed by atoms with Gasteiger partial charge in [-0.05, 0) is 55.4 Å². The minimum atomic E-state index is 0.506. The van der Waals surface area contributed by atoms with Crippen molar-refractivity contribution < 1.29 is 0 Å². The SMILES string of the molecule is Cc1cc(C(Br)C2CCCC2)c(C)cc1Cl. The third-order valence-electron chi connectivity index (χ3n) is 3.66. The average Bonchev–Trinajstić information content (AvgIpc) is 2.75. The van der Waals surface area contributed by atoms with Crippen LogP contribution >= 0.6 is 27.5 Å². The van der Waals surface area contributed by atoms with E-state index in [4.69, 9.17) is 11.6 Å². The third kappa shape index (κ3) is 2.46. The van der Waals surface area contributed by atoms with Crippen LogP contribution in [0, 0.1) is 19.8 Å². The van der Waals surface area contributed by atoms with Crippen molar-refractivity contribution in [3.05, 3.63) is 33.8 Å². The van der Waals surface area contributed by atoms with Gasteiger partial charge in [0.2, 0.25) is 0 Å². The molecule has 0 radical (unpaired) electrons. The van der Waals surface area contributed by atoms with Gasteiger partial charge in [-0.3, -0.25) is 0 Å². The van der Waals surface area contributed by atoms with E-state index in [-0.39, 0.29) is 0 Å². The minimum Gasteiger partial charge on any atom is -0.0840 e. The lowest BCUT2D eigenvalue weighted by molar-refractivity contribution is 0.540. The van der Waals surface area contributed by atoms with Crippen molar-refractivity contribution in [1.29, 1.82) is 0 Å². The molecule has 1 unspecified atom stereocenters. The van der Waals surface area contributed by atoms with Crippen LogP contribution in [0.4, 0.5) is 0 Å². The summed E-state index contributed by atoms with van der Waals surface area (Å²) in [7, 11) is 0. The lowest BCUT2D eigenvalue weighted by Crippen LogP contribution is -2.05. The molecule has 0 aliphatic heterocycles. The van der Waals surface area contributed by atoms with Crippen LogP contribution in [0.15, 0.2) is 12.1 Å². The zero-order valence-electron chi connectivity index (χ0n) is 9.89. The summed E-state index contributed by atoms with van der Waals surface area (Å²) in [5, 5.41) is 0.882. The Hall–Kier alpha value is -0.0100. The van der Waals surface area contributed by atoms with E-state index in [1.165, 1.54) is 42.4 Å². The Morgan fingerprint density at radius 2 is 1.81 bits per heavy atom. The number of alkyl halides is 1. The first-order chi connectivity index (χ1) is 7.59. The highest BCUT2D eigenvalue weighted by Crippen LogP contribution is 2.42. The first-order valence-electron chi connectivity index (χ1n) is 6.00. The molecular weight excluding hydrogens is 284 g/mol. The van der Waals surface area contributed by atoms with Gasteiger partial charge in [-0.1, -0.05) is 46.4 Å². The van der Waals surface area contributed by atoms with Crippen molar-refractivity contribution >= 4 is 27.5 Å². The molecule has 1 aromatic carbocycles. The van der Waals surface area contributed by atoms with E-state index in [0.717, 1.165) is 10.9 Å². The molecule has 2 heteroatoms. The Balaban J connectivity index is 2.28. The van der Waals surface area contributed by atoms with Crippen LogP contribution in [0.3, 0.4) is 0 Å². The molecule has 0 N–H and O–H groups in total. The van der Waals surface area contributed by atoms with E-state index in [9.17, 15) is 0 Å². The predicted molar refractivity (Wildman–Crippen MR) is 74.6 cm³/mol. The second kappa shape index (κ2) is 5.10. The molecule has 1 aromatic rings. The van der Waals surface area contributed by atoms with Crippen molar-refractivity contribution in [1.82, 2.24) is 0 Å². The van der Waals surface area contributed by atoms with Crippen LogP contribution in [0.25, 0.3) is 0 Å². The zero-order chi connectivity index (χ0) is 11.7. The molecule has 1 atom stereocenters. The molecule has 16 heavy (non-hydrogen) atoms. The van der Waals surface area contributed by atoms with Crippen LogP contribution in [0.1, 0.15) is 47.2 Å².